The Morgan fingerprint density at radius 1 is 1.27 bits per heavy atom. The third-order valence-electron chi connectivity index (χ3n) is 7.40. The number of aldehydes is 1. The third kappa shape index (κ3) is 2.81. The maximum atomic E-state index is 12.3. The molecule has 0 spiro atoms. The Kier molecular flexibility index (Phi) is 4.99. The molecule has 0 unspecified atom stereocenters. The molecule has 2 aliphatic carbocycles. The van der Waals surface area contributed by atoms with Gasteiger partial charge in [0.05, 0.1) is 0 Å². The van der Waals surface area contributed by atoms with Crippen molar-refractivity contribution in [3.05, 3.63) is 11.6 Å². The molecule has 0 bridgehead atoms. The zero-order chi connectivity index (χ0) is 16.5. The third-order valence-corrected chi connectivity index (χ3v) is 7.40. The molecule has 0 amide bonds. The van der Waals surface area contributed by atoms with Crippen LogP contribution in [-0.2, 0) is 9.59 Å². The van der Waals surface area contributed by atoms with E-state index in [9.17, 15) is 9.59 Å². The molecule has 2 fully saturated rings. The van der Waals surface area contributed by atoms with E-state index in [1.54, 1.807) is 6.08 Å². The summed E-state index contributed by atoms with van der Waals surface area (Å²) in [5.74, 6) is 1.98. The molecular formula is C20H32O2. The highest BCUT2D eigenvalue weighted by Crippen LogP contribution is 2.62. The summed E-state index contributed by atoms with van der Waals surface area (Å²) >= 11 is 0. The van der Waals surface area contributed by atoms with Crippen molar-refractivity contribution < 1.29 is 9.59 Å². The second-order valence-electron chi connectivity index (χ2n) is 8.38. The minimum Gasteiger partial charge on any atom is -0.299 e. The molecule has 0 radical (unpaired) electrons. The summed E-state index contributed by atoms with van der Waals surface area (Å²) in [6.45, 7) is 11.4. The quantitative estimate of drug-likeness (QED) is 0.543. The first-order valence-corrected chi connectivity index (χ1v) is 8.89. The predicted molar refractivity (Wildman–Crippen MR) is 90.6 cm³/mol. The smallest absolute Gasteiger partial charge is 0.142 e. The van der Waals surface area contributed by atoms with Crippen LogP contribution in [0, 0.1) is 28.6 Å². The van der Waals surface area contributed by atoms with Gasteiger partial charge in [-0.05, 0) is 67.8 Å². The van der Waals surface area contributed by atoms with E-state index in [1.165, 1.54) is 18.4 Å². The first-order chi connectivity index (χ1) is 10.3. The monoisotopic (exact) mass is 304 g/mol. The van der Waals surface area contributed by atoms with Crippen molar-refractivity contribution in [2.24, 2.45) is 28.6 Å². The summed E-state index contributed by atoms with van der Waals surface area (Å²) in [6, 6.07) is 0. The van der Waals surface area contributed by atoms with Crippen LogP contribution < -0.4 is 0 Å². The molecule has 22 heavy (non-hydrogen) atoms. The number of carbonyl (C=O) groups is 2. The van der Waals surface area contributed by atoms with E-state index in [0.717, 1.165) is 32.0 Å². The van der Waals surface area contributed by atoms with Crippen LogP contribution in [-0.4, -0.2) is 12.1 Å². The molecule has 2 rings (SSSR count). The van der Waals surface area contributed by atoms with Gasteiger partial charge in [0, 0.05) is 12.3 Å². The van der Waals surface area contributed by atoms with E-state index in [0.29, 0.717) is 17.6 Å². The van der Waals surface area contributed by atoms with Gasteiger partial charge in [0.2, 0.25) is 0 Å². The minimum atomic E-state index is 0.166. The van der Waals surface area contributed by atoms with Crippen LogP contribution >= 0.6 is 0 Å². The van der Waals surface area contributed by atoms with Gasteiger partial charge < -0.3 is 0 Å². The fourth-order valence-electron chi connectivity index (χ4n) is 5.26. The molecule has 2 heteroatoms. The molecule has 0 saturated heterocycles. The number of allylic oxidation sites excluding steroid dienone is 2. The zero-order valence-electron chi connectivity index (χ0n) is 14.9. The normalized spacial score (nSPS) is 42.9. The van der Waals surface area contributed by atoms with Crippen molar-refractivity contribution in [1.29, 1.82) is 0 Å². The van der Waals surface area contributed by atoms with Gasteiger partial charge in [0.1, 0.15) is 12.1 Å². The molecule has 0 aromatic carbocycles. The van der Waals surface area contributed by atoms with Gasteiger partial charge in [-0.2, -0.15) is 0 Å². The van der Waals surface area contributed by atoms with Crippen molar-refractivity contribution in [2.45, 2.75) is 73.1 Å². The Morgan fingerprint density at radius 3 is 2.59 bits per heavy atom. The molecule has 0 aliphatic heterocycles. The number of rotatable bonds is 4. The lowest BCUT2D eigenvalue weighted by atomic mass is 9.44. The predicted octanol–water partition coefficient (Wildman–Crippen LogP) is 4.97. The van der Waals surface area contributed by atoms with Crippen LogP contribution in [0.5, 0.6) is 0 Å². The molecule has 0 N–H and O–H groups in total. The molecule has 2 saturated carbocycles. The Morgan fingerprint density at radius 2 is 1.95 bits per heavy atom. The zero-order valence-corrected chi connectivity index (χ0v) is 14.9. The number of Topliss-reactive ketones (excluding diaryl/α,β-unsaturated/α-hetero) is 1. The Bertz CT molecular complexity index is 478. The van der Waals surface area contributed by atoms with Gasteiger partial charge in [-0.25, -0.2) is 0 Å². The van der Waals surface area contributed by atoms with Crippen LogP contribution in [0.3, 0.4) is 0 Å². The lowest BCUT2D eigenvalue weighted by Crippen LogP contribution is -2.54. The molecule has 5 atom stereocenters. The second-order valence-corrected chi connectivity index (χ2v) is 8.38. The largest absolute Gasteiger partial charge is 0.299 e. The summed E-state index contributed by atoms with van der Waals surface area (Å²) in [4.78, 5) is 22.9. The van der Waals surface area contributed by atoms with Gasteiger partial charge in [0.15, 0.2) is 0 Å². The summed E-state index contributed by atoms with van der Waals surface area (Å²) < 4.78 is 0. The lowest BCUT2D eigenvalue weighted by Gasteiger charge is -2.59. The van der Waals surface area contributed by atoms with E-state index in [1.807, 2.05) is 0 Å². The summed E-state index contributed by atoms with van der Waals surface area (Å²) in [7, 11) is 0. The van der Waals surface area contributed by atoms with Crippen molar-refractivity contribution in [2.75, 3.05) is 0 Å². The fourth-order valence-corrected chi connectivity index (χ4v) is 5.26. The standard InChI is InChI=1S/C20H32O2/c1-14(10-13-21)8-11-19(4)15(2)9-12-20(5)16(3)17(22)6-7-18(19)20/h10,13,15-16,18H,6-9,11-12H2,1-5H3/b14-10+/t15-,16-,18-,19+,20+/m1/s1. The summed E-state index contributed by atoms with van der Waals surface area (Å²) in [5, 5.41) is 0. The van der Waals surface area contributed by atoms with Crippen molar-refractivity contribution >= 4 is 12.1 Å². The first-order valence-electron chi connectivity index (χ1n) is 8.89. The van der Waals surface area contributed by atoms with E-state index in [4.69, 9.17) is 0 Å². The highest BCUT2D eigenvalue weighted by molar-refractivity contribution is 5.82. The highest BCUT2D eigenvalue weighted by atomic mass is 16.1. The van der Waals surface area contributed by atoms with Crippen LogP contribution in [0.15, 0.2) is 11.6 Å². The van der Waals surface area contributed by atoms with E-state index >= 15 is 0 Å². The second kappa shape index (κ2) is 6.29. The van der Waals surface area contributed by atoms with E-state index < -0.39 is 0 Å². The molecule has 0 heterocycles. The maximum Gasteiger partial charge on any atom is 0.142 e. The topological polar surface area (TPSA) is 34.1 Å². The number of carbonyl (C=O) groups excluding carboxylic acids is 2. The van der Waals surface area contributed by atoms with E-state index in [-0.39, 0.29) is 16.7 Å². The van der Waals surface area contributed by atoms with Crippen molar-refractivity contribution in [3.8, 4) is 0 Å². The number of hydrogen-bond donors (Lipinski definition) is 0. The average molecular weight is 304 g/mol. The van der Waals surface area contributed by atoms with Gasteiger partial charge >= 0.3 is 0 Å². The van der Waals surface area contributed by atoms with E-state index in [2.05, 4.69) is 34.6 Å². The lowest BCUT2D eigenvalue weighted by molar-refractivity contribution is -0.148. The Labute approximate surface area is 135 Å². The summed E-state index contributed by atoms with van der Waals surface area (Å²) in [5.41, 5.74) is 1.62. The van der Waals surface area contributed by atoms with Crippen LogP contribution in [0.4, 0.5) is 0 Å². The Hall–Kier alpha value is -0.920. The van der Waals surface area contributed by atoms with Gasteiger partial charge in [0.25, 0.3) is 0 Å². The molecule has 0 aromatic heterocycles. The SMILES string of the molecule is C/C(=C\C=O)CC[C@]1(C)[C@H]2CCC(=O)[C@@H](C)[C@]2(C)CC[C@H]1C. The van der Waals surface area contributed by atoms with Crippen LogP contribution in [0.1, 0.15) is 73.1 Å². The minimum absolute atomic E-state index is 0.166. The number of fused-ring (bicyclic) bond motifs is 1. The Balaban J connectivity index is 2.26. The van der Waals surface area contributed by atoms with Crippen LogP contribution in [0.25, 0.3) is 0 Å². The fraction of sp³-hybridized carbons (Fsp3) is 0.800. The van der Waals surface area contributed by atoms with Gasteiger partial charge in [-0.1, -0.05) is 33.3 Å². The van der Waals surface area contributed by atoms with Crippen molar-refractivity contribution in [1.82, 2.24) is 0 Å². The van der Waals surface area contributed by atoms with Gasteiger partial charge in [-0.3, -0.25) is 9.59 Å². The molecule has 0 aromatic rings. The number of ketones is 1. The molecule has 124 valence electrons. The maximum absolute atomic E-state index is 12.3. The summed E-state index contributed by atoms with van der Waals surface area (Å²) in [6.07, 6.45) is 8.93. The highest BCUT2D eigenvalue weighted by Gasteiger charge is 2.56. The van der Waals surface area contributed by atoms with Gasteiger partial charge in [-0.15, -0.1) is 0 Å². The average Bonchev–Trinajstić information content (AvgIpc) is 2.47. The molecule has 2 nitrogen and oxygen atoms in total. The van der Waals surface area contributed by atoms with Crippen LogP contribution in [0.2, 0.25) is 0 Å². The molecular weight excluding hydrogens is 272 g/mol. The molecule has 2 aliphatic rings. The number of hydrogen-bond acceptors (Lipinski definition) is 2. The van der Waals surface area contributed by atoms with Crippen molar-refractivity contribution in [3.63, 3.8) is 0 Å². The first kappa shape index (κ1) is 17.4.